The van der Waals surface area contributed by atoms with Crippen molar-refractivity contribution in [3.63, 3.8) is 0 Å². The smallest absolute Gasteiger partial charge is 0.290 e. The molecule has 0 spiro atoms. The second-order valence-corrected chi connectivity index (χ2v) is 4.18. The summed E-state index contributed by atoms with van der Waals surface area (Å²) in [5.41, 5.74) is 5.46. The van der Waals surface area contributed by atoms with E-state index in [1.807, 2.05) is 0 Å². The van der Waals surface area contributed by atoms with Crippen LogP contribution in [0.3, 0.4) is 0 Å². The molecular formula is C15H14FN3O4. The van der Waals surface area contributed by atoms with E-state index in [0.717, 1.165) is 6.07 Å². The fourth-order valence-corrected chi connectivity index (χ4v) is 1.68. The molecule has 1 amide bonds. The summed E-state index contributed by atoms with van der Waals surface area (Å²) < 4.78 is 13.6. The Morgan fingerprint density at radius 3 is 2.35 bits per heavy atom. The van der Waals surface area contributed by atoms with Crippen molar-refractivity contribution in [2.75, 3.05) is 5.32 Å². The summed E-state index contributed by atoms with van der Waals surface area (Å²) in [5.74, 6) is -1.81. The number of anilines is 1. The summed E-state index contributed by atoms with van der Waals surface area (Å²) in [6.07, 6.45) is 0. The lowest BCUT2D eigenvalue weighted by atomic mass is 10.1. The minimum Gasteiger partial charge on any atom is -0.507 e. The second-order valence-electron chi connectivity index (χ2n) is 4.18. The molecule has 2 rings (SSSR count). The minimum absolute atomic E-state index is 0.0365. The van der Waals surface area contributed by atoms with Crippen molar-refractivity contribution in [3.05, 3.63) is 59.4 Å². The third kappa shape index (κ3) is 4.81. The molecule has 8 heteroatoms. The Morgan fingerprint density at radius 1 is 1.22 bits per heavy atom. The third-order valence-electron chi connectivity index (χ3n) is 2.67. The predicted molar refractivity (Wildman–Crippen MR) is 82.2 cm³/mol. The highest BCUT2D eigenvalue weighted by molar-refractivity contribution is 6.06. The molecule has 0 saturated heterocycles. The highest BCUT2D eigenvalue weighted by atomic mass is 19.1. The summed E-state index contributed by atoms with van der Waals surface area (Å²) in [4.78, 5) is 20.3. The Bertz CT molecular complexity index is 734. The van der Waals surface area contributed by atoms with Crippen molar-refractivity contribution < 1.29 is 24.2 Å². The van der Waals surface area contributed by atoms with Gasteiger partial charge in [0.2, 0.25) is 0 Å². The van der Waals surface area contributed by atoms with Gasteiger partial charge in [-0.25, -0.2) is 4.39 Å². The van der Waals surface area contributed by atoms with Gasteiger partial charge in [0.05, 0.1) is 11.1 Å². The molecule has 2 aromatic rings. The van der Waals surface area contributed by atoms with Gasteiger partial charge in [0.1, 0.15) is 17.4 Å². The highest BCUT2D eigenvalue weighted by Crippen LogP contribution is 2.19. The molecule has 0 fully saturated rings. The zero-order chi connectivity index (χ0) is 17.4. The number of phenolic OH excluding ortho intramolecular Hbond substituents is 1. The molecule has 0 radical (unpaired) electrons. The number of nitrogens with two attached hydrogens (primary N) is 1. The highest BCUT2D eigenvalue weighted by Gasteiger charge is 2.12. The number of hydrogen-bond donors (Lipinski definition) is 5. The lowest BCUT2D eigenvalue weighted by molar-refractivity contribution is -0.122. The largest absolute Gasteiger partial charge is 0.507 e. The molecule has 0 bridgehead atoms. The Labute approximate surface area is 130 Å². The van der Waals surface area contributed by atoms with Gasteiger partial charge in [-0.1, -0.05) is 12.1 Å². The van der Waals surface area contributed by atoms with Crippen molar-refractivity contribution in [1.82, 2.24) is 0 Å². The number of hydrogen-bond acceptors (Lipinski definition) is 4. The molecule has 0 aliphatic carbocycles. The fraction of sp³-hybridized carbons (Fsp3) is 0. The lowest BCUT2D eigenvalue weighted by Gasteiger charge is -2.08. The summed E-state index contributed by atoms with van der Waals surface area (Å²) in [6.45, 7) is -0.250. The number of carbonyl (C=O) groups is 2. The monoisotopic (exact) mass is 319 g/mol. The van der Waals surface area contributed by atoms with E-state index in [0.29, 0.717) is 0 Å². The van der Waals surface area contributed by atoms with Gasteiger partial charge in [0.25, 0.3) is 12.4 Å². The van der Waals surface area contributed by atoms with Crippen LogP contribution in [0.2, 0.25) is 0 Å². The summed E-state index contributed by atoms with van der Waals surface area (Å²) in [7, 11) is 0. The molecule has 0 atom stereocenters. The zero-order valence-corrected chi connectivity index (χ0v) is 11.8. The van der Waals surface area contributed by atoms with E-state index in [1.165, 1.54) is 24.3 Å². The van der Waals surface area contributed by atoms with Crippen LogP contribution in [0, 0.1) is 11.2 Å². The Hall–Kier alpha value is -3.42. The van der Waals surface area contributed by atoms with E-state index < -0.39 is 11.7 Å². The molecule has 0 aliphatic rings. The number of amides is 1. The minimum atomic E-state index is -0.701. The molecule has 0 heterocycles. The van der Waals surface area contributed by atoms with E-state index in [2.05, 4.69) is 5.32 Å². The van der Waals surface area contributed by atoms with E-state index in [4.69, 9.17) is 21.0 Å². The van der Waals surface area contributed by atoms with Crippen LogP contribution < -0.4 is 11.1 Å². The quantitative estimate of drug-likeness (QED) is 0.333. The molecule has 0 saturated carbocycles. The van der Waals surface area contributed by atoms with Crippen LogP contribution in [-0.2, 0) is 4.79 Å². The van der Waals surface area contributed by atoms with Crippen molar-refractivity contribution in [1.29, 1.82) is 5.41 Å². The van der Waals surface area contributed by atoms with E-state index >= 15 is 0 Å². The SMILES string of the molecule is N=C(N)c1ccc(NC(=O)c2ccccc2O)cc1F.O=CO. The van der Waals surface area contributed by atoms with E-state index in [9.17, 15) is 14.3 Å². The van der Waals surface area contributed by atoms with Crippen molar-refractivity contribution in [3.8, 4) is 5.75 Å². The van der Waals surface area contributed by atoms with Gasteiger partial charge in [0, 0.05) is 5.69 Å². The summed E-state index contributed by atoms with van der Waals surface area (Å²) in [6, 6.07) is 9.82. The maximum Gasteiger partial charge on any atom is 0.290 e. The maximum absolute atomic E-state index is 13.6. The van der Waals surface area contributed by atoms with Crippen LogP contribution in [0.25, 0.3) is 0 Å². The van der Waals surface area contributed by atoms with Crippen LogP contribution in [-0.4, -0.2) is 28.4 Å². The molecule has 6 N–H and O–H groups in total. The van der Waals surface area contributed by atoms with E-state index in [-0.39, 0.29) is 34.9 Å². The number of nitrogens with one attached hydrogen (secondary N) is 2. The first-order valence-corrected chi connectivity index (χ1v) is 6.21. The number of rotatable bonds is 3. The predicted octanol–water partition coefficient (Wildman–Crippen LogP) is 1.77. The average molecular weight is 319 g/mol. The molecule has 23 heavy (non-hydrogen) atoms. The maximum atomic E-state index is 13.6. The summed E-state index contributed by atoms with van der Waals surface area (Å²) >= 11 is 0. The molecule has 0 aromatic heterocycles. The second kappa shape index (κ2) is 8.13. The molecule has 2 aromatic carbocycles. The molecule has 7 nitrogen and oxygen atoms in total. The Morgan fingerprint density at radius 2 is 1.83 bits per heavy atom. The van der Waals surface area contributed by atoms with Gasteiger partial charge >= 0.3 is 0 Å². The number of benzene rings is 2. The van der Waals surface area contributed by atoms with E-state index in [1.54, 1.807) is 12.1 Å². The van der Waals surface area contributed by atoms with Crippen LogP contribution in [0.5, 0.6) is 5.75 Å². The Kier molecular flexibility index (Phi) is 6.23. The van der Waals surface area contributed by atoms with Crippen molar-refractivity contribution in [2.45, 2.75) is 0 Å². The van der Waals surface area contributed by atoms with Crippen LogP contribution in [0.15, 0.2) is 42.5 Å². The van der Waals surface area contributed by atoms with Crippen LogP contribution >= 0.6 is 0 Å². The number of carbonyl (C=O) groups excluding carboxylic acids is 1. The number of carboxylic acid groups (broad SMARTS) is 1. The van der Waals surface area contributed by atoms with Gasteiger partial charge in [-0.3, -0.25) is 15.0 Å². The number of phenols is 1. The van der Waals surface area contributed by atoms with Crippen LogP contribution in [0.1, 0.15) is 15.9 Å². The van der Waals surface area contributed by atoms with Gasteiger partial charge in [-0.2, -0.15) is 0 Å². The number of para-hydroxylation sites is 1. The molecule has 120 valence electrons. The van der Waals surface area contributed by atoms with Crippen molar-refractivity contribution in [2.24, 2.45) is 5.73 Å². The molecule has 0 aliphatic heterocycles. The van der Waals surface area contributed by atoms with Gasteiger partial charge in [0.15, 0.2) is 0 Å². The first-order valence-electron chi connectivity index (χ1n) is 6.21. The third-order valence-corrected chi connectivity index (χ3v) is 2.67. The number of halogens is 1. The van der Waals surface area contributed by atoms with Gasteiger partial charge in [-0.15, -0.1) is 0 Å². The van der Waals surface area contributed by atoms with Crippen LogP contribution in [0.4, 0.5) is 10.1 Å². The fourth-order valence-electron chi connectivity index (χ4n) is 1.68. The normalized spacial score (nSPS) is 9.26. The first-order chi connectivity index (χ1) is 10.9. The standard InChI is InChI=1S/C14H12FN3O2.CH2O2/c15-11-7-8(5-6-9(11)13(16)17)18-14(20)10-3-1-2-4-12(10)19;2-1-3/h1-7,19H,(H3,16,17)(H,18,20);1H,(H,2,3). The number of amidine groups is 1. The molecule has 0 unspecified atom stereocenters. The van der Waals surface area contributed by atoms with Crippen molar-refractivity contribution >= 4 is 23.9 Å². The van der Waals surface area contributed by atoms with Gasteiger partial charge < -0.3 is 21.3 Å². The summed E-state index contributed by atoms with van der Waals surface area (Å²) in [5, 5.41) is 26.1. The number of nitrogen functional groups attached to an aromatic ring is 1. The first kappa shape index (κ1) is 17.6. The lowest BCUT2D eigenvalue weighted by Crippen LogP contribution is -2.15. The number of aromatic hydroxyl groups is 1. The topological polar surface area (TPSA) is 136 Å². The zero-order valence-electron chi connectivity index (χ0n) is 11.8. The van der Waals surface area contributed by atoms with Gasteiger partial charge in [-0.05, 0) is 30.3 Å². The average Bonchev–Trinajstić information content (AvgIpc) is 2.48. The molecular weight excluding hydrogens is 305 g/mol. The Balaban J connectivity index is 0.000000816.